The first-order chi connectivity index (χ1) is 19.2. The Morgan fingerprint density at radius 2 is 1.45 bits per heavy atom. The fourth-order valence-corrected chi connectivity index (χ4v) is 5.75. The van der Waals surface area contributed by atoms with Gasteiger partial charge >= 0.3 is 0 Å². The molecule has 8 nitrogen and oxygen atoms in total. The van der Waals surface area contributed by atoms with E-state index in [2.05, 4.69) is 26.6 Å². The summed E-state index contributed by atoms with van der Waals surface area (Å²) in [6.07, 6.45) is -0.367. The van der Waals surface area contributed by atoms with E-state index in [1.807, 2.05) is 19.9 Å². The second-order valence-electron chi connectivity index (χ2n) is 9.87. The van der Waals surface area contributed by atoms with Gasteiger partial charge in [-0.25, -0.2) is 0 Å². The van der Waals surface area contributed by atoms with Gasteiger partial charge in [0.05, 0.1) is 36.1 Å². The molecule has 0 heterocycles. The average Bonchev–Trinajstić information content (AvgIpc) is 2.90. The summed E-state index contributed by atoms with van der Waals surface area (Å²) in [7, 11) is 0. The summed E-state index contributed by atoms with van der Waals surface area (Å²) in [4.78, 5) is 41.4. The number of carbonyl (C=O) groups is 3. The molecule has 1 aliphatic carbocycles. The molecule has 2 amide bonds. The molecular formula is C31H33BrN2O6. The lowest BCUT2D eigenvalue weighted by Gasteiger charge is -2.44. The van der Waals surface area contributed by atoms with E-state index in [1.54, 1.807) is 66.7 Å². The summed E-state index contributed by atoms with van der Waals surface area (Å²) >= 11 is 3.47. The number of hydrogen-bond acceptors (Lipinski definition) is 6. The number of aliphatic hydroxyl groups is 1. The molecular weight excluding hydrogens is 576 g/mol. The van der Waals surface area contributed by atoms with E-state index in [4.69, 9.17) is 9.47 Å². The molecule has 9 heteroatoms. The van der Waals surface area contributed by atoms with Crippen LogP contribution in [-0.4, -0.2) is 41.5 Å². The number of para-hydroxylation sites is 4. The standard InChI is InChI=1S/C31H33BrN2O6/c1-4-39-24-15-8-6-13-21(24)33-29(36)27-23(35)18-31(3,38)28(26(27)19-11-10-12-20(32)17-19)30(37)34-22-14-7-9-16-25(22)40-5-2/h6-17,26-28,38H,4-5,18H2,1-3H3,(H,33,36)(H,34,37). The van der Waals surface area contributed by atoms with E-state index >= 15 is 0 Å². The highest BCUT2D eigenvalue weighted by Gasteiger charge is 2.56. The second kappa shape index (κ2) is 12.7. The molecule has 210 valence electrons. The topological polar surface area (TPSA) is 114 Å². The Hall–Kier alpha value is -3.69. The monoisotopic (exact) mass is 608 g/mol. The maximum absolute atomic E-state index is 14.0. The smallest absolute Gasteiger partial charge is 0.235 e. The number of nitrogens with one attached hydrogen (secondary N) is 2. The van der Waals surface area contributed by atoms with Gasteiger partial charge in [0.15, 0.2) is 0 Å². The maximum Gasteiger partial charge on any atom is 0.235 e. The van der Waals surface area contributed by atoms with Gasteiger partial charge in [0.2, 0.25) is 11.8 Å². The van der Waals surface area contributed by atoms with Crippen LogP contribution in [0.25, 0.3) is 0 Å². The van der Waals surface area contributed by atoms with Crippen LogP contribution >= 0.6 is 15.9 Å². The van der Waals surface area contributed by atoms with Crippen LogP contribution in [0.4, 0.5) is 11.4 Å². The molecule has 0 radical (unpaired) electrons. The largest absolute Gasteiger partial charge is 0.492 e. The van der Waals surface area contributed by atoms with Crippen molar-refractivity contribution in [3.05, 3.63) is 82.8 Å². The van der Waals surface area contributed by atoms with Crippen molar-refractivity contribution < 1.29 is 29.0 Å². The number of ether oxygens (including phenoxy) is 2. The highest BCUT2D eigenvalue weighted by atomic mass is 79.9. The summed E-state index contributed by atoms with van der Waals surface area (Å²) in [6.45, 7) is 5.93. The van der Waals surface area contributed by atoms with Crippen molar-refractivity contribution in [2.75, 3.05) is 23.8 Å². The zero-order chi connectivity index (χ0) is 28.9. The number of halogens is 1. The summed E-state index contributed by atoms with van der Waals surface area (Å²) in [5.41, 5.74) is -0.311. The molecule has 4 unspecified atom stereocenters. The van der Waals surface area contributed by atoms with Gasteiger partial charge in [0.25, 0.3) is 0 Å². The van der Waals surface area contributed by atoms with Crippen molar-refractivity contribution in [3.63, 3.8) is 0 Å². The van der Waals surface area contributed by atoms with Gasteiger partial charge in [0, 0.05) is 16.8 Å². The maximum atomic E-state index is 14.0. The molecule has 4 rings (SSSR count). The van der Waals surface area contributed by atoms with Crippen LogP contribution < -0.4 is 20.1 Å². The highest BCUT2D eigenvalue weighted by molar-refractivity contribution is 9.10. The second-order valence-corrected chi connectivity index (χ2v) is 10.8. The Morgan fingerprint density at radius 1 is 0.900 bits per heavy atom. The van der Waals surface area contributed by atoms with E-state index in [1.165, 1.54) is 6.92 Å². The Bertz CT molecular complexity index is 1390. The van der Waals surface area contributed by atoms with Gasteiger partial charge in [-0.2, -0.15) is 0 Å². The fraction of sp³-hybridized carbons (Fsp3) is 0.323. The number of benzene rings is 3. The van der Waals surface area contributed by atoms with Crippen molar-refractivity contribution in [2.24, 2.45) is 11.8 Å². The molecule has 3 aromatic rings. The first-order valence-corrected chi connectivity index (χ1v) is 14.0. The Kier molecular flexibility index (Phi) is 9.27. The van der Waals surface area contributed by atoms with E-state index < -0.39 is 41.0 Å². The molecule has 0 bridgehead atoms. The number of Topliss-reactive ketones (excluding diaryl/α,β-unsaturated/α-hetero) is 1. The van der Waals surface area contributed by atoms with Crippen LogP contribution in [0.1, 0.15) is 38.7 Å². The van der Waals surface area contributed by atoms with Gasteiger partial charge in [-0.15, -0.1) is 0 Å². The Labute approximate surface area is 242 Å². The predicted octanol–water partition coefficient (Wildman–Crippen LogP) is 5.56. The van der Waals surface area contributed by atoms with Crippen molar-refractivity contribution in [1.29, 1.82) is 0 Å². The number of anilines is 2. The quantitative estimate of drug-likeness (QED) is 0.274. The fourth-order valence-electron chi connectivity index (χ4n) is 5.33. The Morgan fingerprint density at radius 3 is 2.00 bits per heavy atom. The predicted molar refractivity (Wildman–Crippen MR) is 157 cm³/mol. The van der Waals surface area contributed by atoms with Gasteiger partial charge in [-0.3, -0.25) is 14.4 Å². The van der Waals surface area contributed by atoms with Gasteiger partial charge in [-0.1, -0.05) is 52.3 Å². The Balaban J connectivity index is 1.77. The van der Waals surface area contributed by atoms with E-state index in [0.717, 1.165) is 0 Å². The van der Waals surface area contributed by atoms with Crippen LogP contribution in [0.15, 0.2) is 77.3 Å². The number of carbonyl (C=O) groups excluding carboxylic acids is 3. The number of hydrogen-bond donors (Lipinski definition) is 3. The van der Waals surface area contributed by atoms with E-state index in [-0.39, 0.29) is 6.42 Å². The van der Waals surface area contributed by atoms with Crippen molar-refractivity contribution >= 4 is 44.9 Å². The molecule has 0 aromatic heterocycles. The summed E-state index contributed by atoms with van der Waals surface area (Å²) in [6, 6.07) is 21.1. The molecule has 4 atom stereocenters. The van der Waals surface area contributed by atoms with Gasteiger partial charge in [-0.05, 0) is 62.7 Å². The molecule has 3 aromatic carbocycles. The van der Waals surface area contributed by atoms with Crippen LogP contribution in [-0.2, 0) is 14.4 Å². The molecule has 0 saturated heterocycles. The lowest BCUT2D eigenvalue weighted by molar-refractivity contribution is -0.150. The highest BCUT2D eigenvalue weighted by Crippen LogP contribution is 2.47. The van der Waals surface area contributed by atoms with Crippen LogP contribution in [0.3, 0.4) is 0 Å². The zero-order valence-electron chi connectivity index (χ0n) is 22.6. The minimum atomic E-state index is -1.73. The molecule has 3 N–H and O–H groups in total. The molecule has 40 heavy (non-hydrogen) atoms. The SMILES string of the molecule is CCOc1ccccc1NC(=O)C1C(=O)CC(C)(O)C(C(=O)Nc2ccccc2OCC)C1c1cccc(Br)c1. The third kappa shape index (κ3) is 6.37. The van der Waals surface area contributed by atoms with Crippen LogP contribution in [0.5, 0.6) is 11.5 Å². The first kappa shape index (κ1) is 29.3. The van der Waals surface area contributed by atoms with Gasteiger partial charge in [0.1, 0.15) is 23.2 Å². The first-order valence-electron chi connectivity index (χ1n) is 13.2. The average molecular weight is 610 g/mol. The van der Waals surface area contributed by atoms with E-state index in [0.29, 0.717) is 46.1 Å². The summed E-state index contributed by atoms with van der Waals surface area (Å²) < 4.78 is 12.0. The number of ketones is 1. The van der Waals surface area contributed by atoms with E-state index in [9.17, 15) is 19.5 Å². The summed E-state index contributed by atoms with van der Waals surface area (Å²) in [5.74, 6) is -3.98. The third-order valence-electron chi connectivity index (χ3n) is 6.96. The molecule has 0 spiro atoms. The molecule has 1 fully saturated rings. The minimum Gasteiger partial charge on any atom is -0.492 e. The third-order valence-corrected chi connectivity index (χ3v) is 7.45. The van der Waals surface area contributed by atoms with Crippen molar-refractivity contribution in [2.45, 2.75) is 38.7 Å². The lowest BCUT2D eigenvalue weighted by atomic mass is 9.61. The van der Waals surface area contributed by atoms with Crippen LogP contribution in [0.2, 0.25) is 0 Å². The minimum absolute atomic E-state index is 0.367. The molecule has 1 saturated carbocycles. The lowest BCUT2D eigenvalue weighted by Crippen LogP contribution is -2.56. The zero-order valence-corrected chi connectivity index (χ0v) is 24.2. The van der Waals surface area contributed by atoms with Crippen LogP contribution in [0, 0.1) is 11.8 Å². The number of rotatable bonds is 9. The van der Waals surface area contributed by atoms with Crippen molar-refractivity contribution in [3.8, 4) is 11.5 Å². The summed E-state index contributed by atoms with van der Waals surface area (Å²) in [5, 5.41) is 17.3. The van der Waals surface area contributed by atoms with Crippen molar-refractivity contribution in [1.82, 2.24) is 0 Å². The molecule has 1 aliphatic rings. The normalized spacial score (nSPS) is 22.3. The molecule has 0 aliphatic heterocycles. The van der Waals surface area contributed by atoms with Gasteiger partial charge < -0.3 is 25.2 Å². The number of amides is 2.